The highest BCUT2D eigenvalue weighted by molar-refractivity contribution is 5.40. The summed E-state index contributed by atoms with van der Waals surface area (Å²) < 4.78 is 0. The van der Waals surface area contributed by atoms with Gasteiger partial charge in [0.15, 0.2) is 0 Å². The van der Waals surface area contributed by atoms with E-state index in [1.165, 1.54) is 11.1 Å². The van der Waals surface area contributed by atoms with E-state index in [0.29, 0.717) is 12.6 Å². The van der Waals surface area contributed by atoms with Crippen LogP contribution in [0.4, 0.5) is 0 Å². The van der Waals surface area contributed by atoms with Crippen molar-refractivity contribution in [2.45, 2.75) is 30.7 Å². The predicted octanol–water partition coefficient (Wildman–Crippen LogP) is 2.74. The van der Waals surface area contributed by atoms with Gasteiger partial charge in [0.05, 0.1) is 0 Å². The molecule has 3 nitrogen and oxygen atoms in total. The lowest BCUT2D eigenvalue weighted by atomic mass is 9.72. The molecule has 0 aromatic heterocycles. The fourth-order valence-electron chi connectivity index (χ4n) is 3.83. The minimum atomic E-state index is -0.123. The summed E-state index contributed by atoms with van der Waals surface area (Å²) in [5, 5.41) is 0. The van der Waals surface area contributed by atoms with Gasteiger partial charge in [0.2, 0.25) is 0 Å². The number of rotatable bonds is 6. The van der Waals surface area contributed by atoms with E-state index >= 15 is 0 Å². The molecule has 4 N–H and O–H groups in total. The molecule has 0 radical (unpaired) electrons. The first-order valence-electron chi connectivity index (χ1n) is 9.04. The van der Waals surface area contributed by atoms with Crippen molar-refractivity contribution in [2.75, 3.05) is 26.2 Å². The Kier molecular flexibility index (Phi) is 5.67. The van der Waals surface area contributed by atoms with Gasteiger partial charge >= 0.3 is 0 Å². The maximum absolute atomic E-state index is 6.37. The number of piperidine rings is 1. The number of nitrogens with two attached hydrogens (primary N) is 2. The Balaban J connectivity index is 1.85. The summed E-state index contributed by atoms with van der Waals surface area (Å²) in [6.45, 7) is 3.89. The third-order valence-corrected chi connectivity index (χ3v) is 5.49. The van der Waals surface area contributed by atoms with Gasteiger partial charge in [0, 0.05) is 18.0 Å². The largest absolute Gasteiger partial charge is 0.329 e. The Labute approximate surface area is 145 Å². The van der Waals surface area contributed by atoms with E-state index < -0.39 is 0 Å². The Bertz CT molecular complexity index is 564. The molecule has 2 aromatic carbocycles. The fourth-order valence-corrected chi connectivity index (χ4v) is 3.83. The van der Waals surface area contributed by atoms with Gasteiger partial charge in [-0.15, -0.1) is 0 Å². The van der Waals surface area contributed by atoms with Gasteiger partial charge in [-0.25, -0.2) is 0 Å². The van der Waals surface area contributed by atoms with Gasteiger partial charge in [-0.2, -0.15) is 0 Å². The first kappa shape index (κ1) is 17.2. The minimum absolute atomic E-state index is 0.123. The van der Waals surface area contributed by atoms with Gasteiger partial charge in [0.25, 0.3) is 0 Å². The van der Waals surface area contributed by atoms with Crippen molar-refractivity contribution >= 4 is 0 Å². The van der Waals surface area contributed by atoms with Crippen LogP contribution in [0.2, 0.25) is 0 Å². The van der Waals surface area contributed by atoms with Gasteiger partial charge < -0.3 is 16.4 Å². The molecule has 1 aliphatic heterocycles. The highest BCUT2D eigenvalue weighted by Gasteiger charge is 2.33. The summed E-state index contributed by atoms with van der Waals surface area (Å²) in [5.74, 6) is 0. The van der Waals surface area contributed by atoms with Gasteiger partial charge in [0.1, 0.15) is 0 Å². The summed E-state index contributed by atoms with van der Waals surface area (Å²) in [6.07, 6.45) is 3.24. The molecule has 0 unspecified atom stereocenters. The molecule has 0 amide bonds. The van der Waals surface area contributed by atoms with Crippen LogP contribution >= 0.6 is 0 Å². The lowest BCUT2D eigenvalue weighted by Gasteiger charge is -2.37. The third-order valence-electron chi connectivity index (χ3n) is 5.49. The maximum atomic E-state index is 6.37. The molecule has 128 valence electrons. The van der Waals surface area contributed by atoms with Crippen LogP contribution in [0.25, 0.3) is 0 Å². The van der Waals surface area contributed by atoms with Crippen LogP contribution < -0.4 is 11.5 Å². The highest BCUT2D eigenvalue weighted by Crippen LogP contribution is 2.35. The van der Waals surface area contributed by atoms with Gasteiger partial charge in [-0.3, -0.25) is 0 Å². The van der Waals surface area contributed by atoms with Crippen LogP contribution in [0, 0.1) is 0 Å². The van der Waals surface area contributed by atoms with E-state index in [4.69, 9.17) is 11.5 Å². The van der Waals surface area contributed by atoms with Crippen LogP contribution in [0.3, 0.4) is 0 Å². The molecule has 0 saturated carbocycles. The molecule has 0 bridgehead atoms. The van der Waals surface area contributed by atoms with E-state index in [1.54, 1.807) is 0 Å². The summed E-state index contributed by atoms with van der Waals surface area (Å²) >= 11 is 0. The topological polar surface area (TPSA) is 55.3 Å². The predicted molar refractivity (Wildman–Crippen MR) is 101 cm³/mol. The molecule has 24 heavy (non-hydrogen) atoms. The molecule has 0 aliphatic carbocycles. The maximum Gasteiger partial charge on any atom is 0.0337 e. The van der Waals surface area contributed by atoms with E-state index in [2.05, 4.69) is 65.6 Å². The zero-order chi connectivity index (χ0) is 16.8. The Morgan fingerprint density at radius 2 is 1.38 bits per heavy atom. The Morgan fingerprint density at radius 3 is 1.83 bits per heavy atom. The lowest BCUT2D eigenvalue weighted by Crippen LogP contribution is -2.44. The molecule has 0 atom stereocenters. The zero-order valence-corrected chi connectivity index (χ0v) is 14.4. The second-order valence-electron chi connectivity index (χ2n) is 6.95. The Hall–Kier alpha value is -1.68. The van der Waals surface area contributed by atoms with Crippen molar-refractivity contribution in [2.24, 2.45) is 11.5 Å². The quantitative estimate of drug-likeness (QED) is 0.859. The molecule has 3 rings (SSSR count). The van der Waals surface area contributed by atoms with Crippen molar-refractivity contribution in [3.8, 4) is 0 Å². The van der Waals surface area contributed by atoms with Gasteiger partial charge in [-0.05, 0) is 50.0 Å². The average molecular weight is 323 g/mol. The number of hydrogen-bond donors (Lipinski definition) is 2. The van der Waals surface area contributed by atoms with Crippen LogP contribution in [0.1, 0.15) is 30.4 Å². The minimum Gasteiger partial charge on any atom is -0.329 e. The second kappa shape index (κ2) is 7.93. The summed E-state index contributed by atoms with van der Waals surface area (Å²) in [5.41, 5.74) is 14.9. The van der Waals surface area contributed by atoms with Crippen molar-refractivity contribution in [3.63, 3.8) is 0 Å². The van der Waals surface area contributed by atoms with Crippen LogP contribution in [0.5, 0.6) is 0 Å². The molecule has 1 heterocycles. The molecular formula is C21H29N3. The van der Waals surface area contributed by atoms with E-state index in [-0.39, 0.29) is 5.41 Å². The van der Waals surface area contributed by atoms with Crippen molar-refractivity contribution in [3.05, 3.63) is 71.8 Å². The van der Waals surface area contributed by atoms with E-state index in [1.807, 2.05) is 0 Å². The smallest absolute Gasteiger partial charge is 0.0337 e. The van der Waals surface area contributed by atoms with Crippen molar-refractivity contribution < 1.29 is 0 Å². The van der Waals surface area contributed by atoms with E-state index in [0.717, 1.165) is 38.9 Å². The molecule has 1 saturated heterocycles. The van der Waals surface area contributed by atoms with Crippen LogP contribution in [-0.4, -0.2) is 37.1 Å². The number of benzene rings is 2. The zero-order valence-electron chi connectivity index (χ0n) is 14.4. The number of likely N-dealkylation sites (tertiary alicyclic amines) is 1. The van der Waals surface area contributed by atoms with E-state index in [9.17, 15) is 0 Å². The molecule has 3 heteroatoms. The average Bonchev–Trinajstić information content (AvgIpc) is 2.66. The lowest BCUT2D eigenvalue weighted by molar-refractivity contribution is 0.198. The monoisotopic (exact) mass is 323 g/mol. The summed E-state index contributed by atoms with van der Waals surface area (Å²) in [7, 11) is 0. The molecular weight excluding hydrogens is 294 g/mol. The molecule has 2 aromatic rings. The highest BCUT2D eigenvalue weighted by atomic mass is 15.1. The summed E-state index contributed by atoms with van der Waals surface area (Å²) in [6, 6.07) is 21.8. The fraction of sp³-hybridized carbons (Fsp3) is 0.429. The molecule has 0 spiro atoms. The first-order chi connectivity index (χ1) is 11.7. The first-order valence-corrected chi connectivity index (χ1v) is 9.04. The standard InChI is InChI=1S/C21H29N3/c22-17-21(18-7-3-1-4-8-18,19-9-5-2-6-10-19)13-16-24-14-11-20(23)12-15-24/h1-10,20H,11-17,22-23H2. The molecule has 1 aliphatic rings. The SMILES string of the molecule is NCC(CCN1CCC(N)CC1)(c1ccccc1)c1ccccc1. The number of nitrogens with zero attached hydrogens (tertiary/aromatic N) is 1. The third kappa shape index (κ3) is 3.69. The normalized spacial score (nSPS) is 17.1. The molecule has 1 fully saturated rings. The van der Waals surface area contributed by atoms with Crippen LogP contribution in [-0.2, 0) is 5.41 Å². The Morgan fingerprint density at radius 1 is 0.875 bits per heavy atom. The van der Waals surface area contributed by atoms with Crippen molar-refractivity contribution in [1.82, 2.24) is 4.90 Å². The van der Waals surface area contributed by atoms with Crippen molar-refractivity contribution in [1.29, 1.82) is 0 Å². The number of hydrogen-bond acceptors (Lipinski definition) is 3. The second-order valence-corrected chi connectivity index (χ2v) is 6.95. The van der Waals surface area contributed by atoms with Crippen LogP contribution in [0.15, 0.2) is 60.7 Å². The summed E-state index contributed by atoms with van der Waals surface area (Å²) in [4.78, 5) is 2.54. The van der Waals surface area contributed by atoms with Gasteiger partial charge in [-0.1, -0.05) is 60.7 Å².